The molecule has 0 heterocycles. The Labute approximate surface area is 152 Å². The summed E-state index contributed by atoms with van der Waals surface area (Å²) in [5.41, 5.74) is 1.17. The monoisotopic (exact) mass is 376 g/mol. The molecule has 8 heteroatoms. The van der Waals surface area contributed by atoms with Crippen molar-refractivity contribution in [1.82, 2.24) is 5.32 Å². The minimum atomic E-state index is -3.86. The van der Waals surface area contributed by atoms with E-state index in [0.717, 1.165) is 5.56 Å². The highest BCUT2D eigenvalue weighted by atomic mass is 32.2. The van der Waals surface area contributed by atoms with Gasteiger partial charge in [-0.25, -0.2) is 13.2 Å². The molecule has 7 nitrogen and oxygen atoms in total. The summed E-state index contributed by atoms with van der Waals surface area (Å²) in [6, 6.07) is 12.5. The zero-order chi connectivity index (χ0) is 19.2. The van der Waals surface area contributed by atoms with Crippen molar-refractivity contribution in [1.29, 1.82) is 0 Å². The Balaban J connectivity index is 2.16. The zero-order valence-corrected chi connectivity index (χ0v) is 15.3. The number of rotatable bonds is 7. The summed E-state index contributed by atoms with van der Waals surface area (Å²) in [5.74, 6) is -0.741. The van der Waals surface area contributed by atoms with Crippen LogP contribution in [0.15, 0.2) is 53.4 Å². The second-order valence-corrected chi connectivity index (χ2v) is 7.20. The van der Waals surface area contributed by atoms with Gasteiger partial charge in [0.15, 0.2) is 0 Å². The van der Waals surface area contributed by atoms with Gasteiger partial charge in [-0.1, -0.05) is 24.3 Å². The number of anilines is 1. The first-order valence-corrected chi connectivity index (χ1v) is 9.35. The molecule has 26 heavy (non-hydrogen) atoms. The van der Waals surface area contributed by atoms with Crippen LogP contribution in [0.25, 0.3) is 0 Å². The maximum absolute atomic E-state index is 12.6. The van der Waals surface area contributed by atoms with Crippen molar-refractivity contribution in [3.63, 3.8) is 0 Å². The van der Waals surface area contributed by atoms with E-state index in [1.807, 2.05) is 0 Å². The lowest BCUT2D eigenvalue weighted by Gasteiger charge is -2.12. The number of carbonyl (C=O) groups excluding carboxylic acids is 2. The Bertz CT molecular complexity index is 892. The number of para-hydroxylation sites is 1. The van der Waals surface area contributed by atoms with Gasteiger partial charge >= 0.3 is 5.97 Å². The predicted molar refractivity (Wildman–Crippen MR) is 97.4 cm³/mol. The number of hydrogen-bond donors (Lipinski definition) is 2. The van der Waals surface area contributed by atoms with Gasteiger partial charge in [0.1, 0.15) is 0 Å². The van der Waals surface area contributed by atoms with Crippen LogP contribution in [0.3, 0.4) is 0 Å². The van der Waals surface area contributed by atoms with Gasteiger partial charge in [0, 0.05) is 13.5 Å². The lowest BCUT2D eigenvalue weighted by Crippen LogP contribution is -2.22. The standard InChI is InChI=1S/C18H20N2O5S/c1-13(21)19-12-11-14-7-9-15(10-8-14)26(23,24)20-17-6-4-3-5-16(17)18(22)25-2/h3-10,20H,11-12H2,1-2H3,(H,19,21). The lowest BCUT2D eigenvalue weighted by molar-refractivity contribution is -0.118. The van der Waals surface area contributed by atoms with E-state index in [4.69, 9.17) is 0 Å². The molecule has 0 aliphatic carbocycles. The Morgan fingerprint density at radius 3 is 2.31 bits per heavy atom. The second kappa shape index (κ2) is 8.48. The number of ether oxygens (including phenoxy) is 1. The maximum Gasteiger partial charge on any atom is 0.339 e. The van der Waals surface area contributed by atoms with E-state index in [0.29, 0.717) is 13.0 Å². The molecule has 138 valence electrons. The minimum absolute atomic E-state index is 0.0699. The van der Waals surface area contributed by atoms with Gasteiger partial charge in [-0.15, -0.1) is 0 Å². The normalized spacial score (nSPS) is 10.8. The molecular weight excluding hydrogens is 356 g/mol. The number of carbonyl (C=O) groups is 2. The molecule has 0 radical (unpaired) electrons. The van der Waals surface area contributed by atoms with Gasteiger partial charge < -0.3 is 10.1 Å². The number of sulfonamides is 1. The first kappa shape index (κ1) is 19.5. The molecule has 1 amide bonds. The predicted octanol–water partition coefficient (Wildman–Crippen LogP) is 1.95. The maximum atomic E-state index is 12.6. The van der Waals surface area contributed by atoms with Crippen molar-refractivity contribution >= 4 is 27.6 Å². The second-order valence-electron chi connectivity index (χ2n) is 5.52. The molecule has 0 saturated carbocycles. The van der Waals surface area contributed by atoms with E-state index in [-0.39, 0.29) is 22.1 Å². The van der Waals surface area contributed by atoms with E-state index in [9.17, 15) is 18.0 Å². The minimum Gasteiger partial charge on any atom is -0.465 e. The van der Waals surface area contributed by atoms with Crippen LogP contribution in [-0.4, -0.2) is 33.9 Å². The van der Waals surface area contributed by atoms with Crippen LogP contribution in [0.2, 0.25) is 0 Å². The van der Waals surface area contributed by atoms with Crippen molar-refractivity contribution in [2.75, 3.05) is 18.4 Å². The molecule has 0 spiro atoms. The summed E-state index contributed by atoms with van der Waals surface area (Å²) in [5, 5.41) is 2.68. The van der Waals surface area contributed by atoms with E-state index in [1.165, 1.54) is 38.3 Å². The molecule has 0 aromatic heterocycles. The van der Waals surface area contributed by atoms with Gasteiger partial charge in [0.05, 0.1) is 23.3 Å². The van der Waals surface area contributed by atoms with Gasteiger partial charge in [-0.3, -0.25) is 9.52 Å². The van der Waals surface area contributed by atoms with Crippen LogP contribution in [-0.2, 0) is 26.0 Å². The number of hydrogen-bond acceptors (Lipinski definition) is 5. The van der Waals surface area contributed by atoms with Crippen molar-refractivity contribution in [2.24, 2.45) is 0 Å². The number of esters is 1. The highest BCUT2D eigenvalue weighted by Crippen LogP contribution is 2.21. The number of methoxy groups -OCH3 is 1. The summed E-state index contributed by atoms with van der Waals surface area (Å²) in [6.45, 7) is 1.92. The average molecular weight is 376 g/mol. The molecule has 2 aromatic rings. The van der Waals surface area contributed by atoms with Crippen molar-refractivity contribution in [2.45, 2.75) is 18.2 Å². The van der Waals surface area contributed by atoms with E-state index in [2.05, 4.69) is 14.8 Å². The zero-order valence-electron chi connectivity index (χ0n) is 14.5. The number of nitrogens with one attached hydrogen (secondary N) is 2. The molecule has 2 rings (SSSR count). The van der Waals surface area contributed by atoms with E-state index in [1.54, 1.807) is 24.3 Å². The highest BCUT2D eigenvalue weighted by Gasteiger charge is 2.18. The molecule has 0 bridgehead atoms. The van der Waals surface area contributed by atoms with Crippen molar-refractivity contribution < 1.29 is 22.7 Å². The van der Waals surface area contributed by atoms with Gasteiger partial charge in [-0.2, -0.15) is 0 Å². The Hall–Kier alpha value is -2.87. The molecule has 0 fully saturated rings. The van der Waals surface area contributed by atoms with Gasteiger partial charge in [0.2, 0.25) is 5.91 Å². The lowest BCUT2D eigenvalue weighted by atomic mass is 10.1. The molecule has 0 unspecified atom stereocenters. The Morgan fingerprint density at radius 1 is 1.04 bits per heavy atom. The quantitative estimate of drug-likeness (QED) is 0.719. The molecule has 0 aliphatic rings. The number of benzene rings is 2. The van der Waals surface area contributed by atoms with Crippen LogP contribution < -0.4 is 10.0 Å². The van der Waals surface area contributed by atoms with Crippen LogP contribution >= 0.6 is 0 Å². The fourth-order valence-corrected chi connectivity index (χ4v) is 3.36. The first-order valence-electron chi connectivity index (χ1n) is 7.87. The Kier molecular flexibility index (Phi) is 6.35. The van der Waals surface area contributed by atoms with Crippen LogP contribution in [0, 0.1) is 0 Å². The third-order valence-corrected chi connectivity index (χ3v) is 4.98. The van der Waals surface area contributed by atoms with Gasteiger partial charge in [-0.05, 0) is 36.2 Å². The van der Waals surface area contributed by atoms with Gasteiger partial charge in [0.25, 0.3) is 10.0 Å². The molecule has 2 aromatic carbocycles. The van der Waals surface area contributed by atoms with E-state index >= 15 is 0 Å². The smallest absolute Gasteiger partial charge is 0.339 e. The average Bonchev–Trinajstić information content (AvgIpc) is 2.61. The SMILES string of the molecule is COC(=O)c1ccccc1NS(=O)(=O)c1ccc(CCNC(C)=O)cc1. The molecule has 0 atom stereocenters. The topological polar surface area (TPSA) is 102 Å². The summed E-state index contributed by atoms with van der Waals surface area (Å²) in [6.07, 6.45) is 0.596. The highest BCUT2D eigenvalue weighted by molar-refractivity contribution is 7.92. The third-order valence-electron chi connectivity index (χ3n) is 3.60. The third kappa shape index (κ3) is 5.06. The summed E-state index contributed by atoms with van der Waals surface area (Å²) in [7, 11) is -2.63. The fourth-order valence-electron chi connectivity index (χ4n) is 2.28. The van der Waals surface area contributed by atoms with Crippen molar-refractivity contribution in [3.05, 3.63) is 59.7 Å². The summed E-state index contributed by atoms with van der Waals surface area (Å²) < 4.78 is 32.2. The molecule has 2 N–H and O–H groups in total. The molecule has 0 aliphatic heterocycles. The molecular formula is C18H20N2O5S. The summed E-state index contributed by atoms with van der Waals surface area (Å²) >= 11 is 0. The van der Waals surface area contributed by atoms with Crippen molar-refractivity contribution in [3.8, 4) is 0 Å². The Morgan fingerprint density at radius 2 is 1.69 bits per heavy atom. The largest absolute Gasteiger partial charge is 0.465 e. The van der Waals surface area contributed by atoms with E-state index < -0.39 is 16.0 Å². The first-order chi connectivity index (χ1) is 12.3. The van der Waals surface area contributed by atoms with Crippen LogP contribution in [0.4, 0.5) is 5.69 Å². The number of amides is 1. The summed E-state index contributed by atoms with van der Waals surface area (Å²) in [4.78, 5) is 22.7. The fraction of sp³-hybridized carbons (Fsp3) is 0.222. The van der Waals surface area contributed by atoms with Crippen LogP contribution in [0.5, 0.6) is 0 Å². The molecule has 0 saturated heterocycles. The van der Waals surface area contributed by atoms with Crippen LogP contribution in [0.1, 0.15) is 22.8 Å².